The summed E-state index contributed by atoms with van der Waals surface area (Å²) < 4.78 is 8.05. The van der Waals surface area contributed by atoms with Crippen LogP contribution in [0.3, 0.4) is 0 Å². The van der Waals surface area contributed by atoms with E-state index < -0.39 is 0 Å². The fourth-order valence-corrected chi connectivity index (χ4v) is 3.38. The van der Waals surface area contributed by atoms with Gasteiger partial charge in [0, 0.05) is 18.8 Å². The highest BCUT2D eigenvalue weighted by molar-refractivity contribution is 7.73. The van der Waals surface area contributed by atoms with Crippen molar-refractivity contribution in [1.82, 2.24) is 14.7 Å². The second-order valence-electron chi connectivity index (χ2n) is 5.42. The summed E-state index contributed by atoms with van der Waals surface area (Å²) in [6.07, 6.45) is 0. The molecule has 0 spiro atoms. The maximum atomic E-state index is 5.44. The first-order valence-corrected chi connectivity index (χ1v) is 8.57. The van der Waals surface area contributed by atoms with Crippen molar-refractivity contribution in [1.29, 1.82) is 0 Å². The molecule has 2 aromatic rings. The second-order valence-corrected chi connectivity index (χ2v) is 7.04. The third kappa shape index (κ3) is 3.55. The number of aryl methyl sites for hydroxylation is 1. The maximum absolute atomic E-state index is 5.44. The predicted molar refractivity (Wildman–Crippen MR) is 92.5 cm³/mol. The van der Waals surface area contributed by atoms with Crippen LogP contribution in [0, 0.1) is 17.8 Å². The van der Waals surface area contributed by atoms with Crippen molar-refractivity contribution in [3.8, 4) is 0 Å². The average molecular weight is 336 g/mol. The molecule has 0 aliphatic carbocycles. The van der Waals surface area contributed by atoms with E-state index in [0.29, 0.717) is 0 Å². The molecule has 1 aromatic carbocycles. The van der Waals surface area contributed by atoms with E-state index >= 15 is 0 Å². The van der Waals surface area contributed by atoms with Crippen molar-refractivity contribution < 1.29 is 4.74 Å². The third-order valence-electron chi connectivity index (χ3n) is 3.89. The molecule has 2 heterocycles. The van der Waals surface area contributed by atoms with E-state index in [2.05, 4.69) is 47.4 Å². The zero-order valence-electron chi connectivity index (χ0n) is 12.8. The van der Waals surface area contributed by atoms with Gasteiger partial charge in [-0.25, -0.2) is 4.68 Å². The van der Waals surface area contributed by atoms with E-state index in [4.69, 9.17) is 17.0 Å². The van der Waals surface area contributed by atoms with Crippen LogP contribution in [0.4, 0.5) is 10.8 Å². The number of anilines is 2. The zero-order chi connectivity index (χ0) is 15.5. The van der Waals surface area contributed by atoms with Crippen molar-refractivity contribution in [2.75, 3.05) is 31.6 Å². The number of aromatic nitrogens is 2. The van der Waals surface area contributed by atoms with Crippen molar-refractivity contribution in [3.05, 3.63) is 33.3 Å². The molecular weight excluding hydrogens is 316 g/mol. The fourth-order valence-electron chi connectivity index (χ4n) is 2.38. The highest BCUT2D eigenvalue weighted by Gasteiger charge is 2.13. The molecule has 0 unspecified atom stereocenters. The second kappa shape index (κ2) is 6.87. The van der Waals surface area contributed by atoms with Crippen LogP contribution in [0.5, 0.6) is 0 Å². The minimum absolute atomic E-state index is 0.729. The SMILES string of the molecule is Cc1cccc(Nc2nn(CN3CCOCC3)c(=S)s2)c1C. The molecule has 3 rings (SSSR count). The topological polar surface area (TPSA) is 42.3 Å². The summed E-state index contributed by atoms with van der Waals surface area (Å²) in [5, 5.41) is 8.84. The van der Waals surface area contributed by atoms with Gasteiger partial charge in [-0.1, -0.05) is 23.5 Å². The molecule has 118 valence electrons. The van der Waals surface area contributed by atoms with Crippen LogP contribution >= 0.6 is 23.6 Å². The summed E-state index contributed by atoms with van der Waals surface area (Å²) in [5.74, 6) is 0. The van der Waals surface area contributed by atoms with E-state index in [9.17, 15) is 0 Å². The van der Waals surface area contributed by atoms with Crippen LogP contribution < -0.4 is 5.32 Å². The van der Waals surface area contributed by atoms with Crippen LogP contribution in [-0.4, -0.2) is 41.0 Å². The summed E-state index contributed by atoms with van der Waals surface area (Å²) in [5.41, 5.74) is 3.59. The molecule has 0 atom stereocenters. The van der Waals surface area contributed by atoms with Gasteiger partial charge in [-0.2, -0.15) is 0 Å². The molecule has 7 heteroatoms. The number of hydrogen-bond acceptors (Lipinski definition) is 6. The summed E-state index contributed by atoms with van der Waals surface area (Å²) in [6, 6.07) is 6.23. The van der Waals surface area contributed by atoms with Crippen LogP contribution in [0.1, 0.15) is 11.1 Å². The average Bonchev–Trinajstić information content (AvgIpc) is 2.85. The number of hydrogen-bond donors (Lipinski definition) is 1. The molecule has 1 N–H and O–H groups in total. The van der Waals surface area contributed by atoms with E-state index in [1.165, 1.54) is 22.5 Å². The lowest BCUT2D eigenvalue weighted by Gasteiger charge is -2.26. The highest BCUT2D eigenvalue weighted by atomic mass is 32.1. The van der Waals surface area contributed by atoms with E-state index in [1.807, 2.05) is 4.68 Å². The normalized spacial score (nSPS) is 15.9. The van der Waals surface area contributed by atoms with E-state index in [1.54, 1.807) is 0 Å². The number of ether oxygens (including phenoxy) is 1. The predicted octanol–water partition coefficient (Wildman–Crippen LogP) is 3.32. The number of morpholine rings is 1. The molecule has 1 saturated heterocycles. The van der Waals surface area contributed by atoms with Crippen LogP contribution in [-0.2, 0) is 11.4 Å². The molecule has 1 fully saturated rings. The highest BCUT2D eigenvalue weighted by Crippen LogP contribution is 2.24. The molecule has 22 heavy (non-hydrogen) atoms. The molecule has 5 nitrogen and oxygen atoms in total. The number of nitrogens with one attached hydrogen (secondary N) is 1. The fraction of sp³-hybridized carbons (Fsp3) is 0.467. The summed E-state index contributed by atoms with van der Waals surface area (Å²) >= 11 is 6.95. The Morgan fingerprint density at radius 2 is 2.09 bits per heavy atom. The Kier molecular flexibility index (Phi) is 4.87. The van der Waals surface area contributed by atoms with Crippen molar-refractivity contribution in [2.45, 2.75) is 20.5 Å². The van der Waals surface area contributed by atoms with Gasteiger partial charge in [0.05, 0.1) is 19.9 Å². The maximum Gasteiger partial charge on any atom is 0.209 e. The number of nitrogens with zero attached hydrogens (tertiary/aromatic N) is 3. The minimum Gasteiger partial charge on any atom is -0.379 e. The lowest BCUT2D eigenvalue weighted by atomic mass is 10.1. The minimum atomic E-state index is 0.729. The summed E-state index contributed by atoms with van der Waals surface area (Å²) in [6.45, 7) is 8.38. The molecule has 0 bridgehead atoms. The molecule has 1 aromatic heterocycles. The summed E-state index contributed by atoms with van der Waals surface area (Å²) in [7, 11) is 0. The van der Waals surface area contributed by atoms with Crippen LogP contribution in [0.2, 0.25) is 0 Å². The molecule has 1 aliphatic rings. The molecular formula is C15H20N4OS2. The van der Waals surface area contributed by atoms with E-state index in [0.717, 1.165) is 47.7 Å². The van der Waals surface area contributed by atoms with Crippen LogP contribution in [0.25, 0.3) is 0 Å². The number of benzene rings is 1. The summed E-state index contributed by atoms with van der Waals surface area (Å²) in [4.78, 5) is 2.31. The van der Waals surface area contributed by atoms with Crippen molar-refractivity contribution in [2.24, 2.45) is 0 Å². The standard InChI is InChI=1S/C15H20N4OS2/c1-11-4-3-5-13(12(11)2)16-14-17-19(15(21)22-14)10-18-6-8-20-9-7-18/h3-5H,6-10H2,1-2H3,(H,16,17). The van der Waals surface area contributed by atoms with Crippen molar-refractivity contribution >= 4 is 34.4 Å². The Labute approximate surface area is 139 Å². The molecule has 1 aliphatic heterocycles. The van der Waals surface area contributed by atoms with Crippen molar-refractivity contribution in [3.63, 3.8) is 0 Å². The first-order valence-electron chi connectivity index (χ1n) is 7.35. The van der Waals surface area contributed by atoms with Gasteiger partial charge in [0.1, 0.15) is 0 Å². The Morgan fingerprint density at radius 3 is 2.86 bits per heavy atom. The smallest absolute Gasteiger partial charge is 0.209 e. The lowest BCUT2D eigenvalue weighted by Crippen LogP contribution is -2.37. The molecule has 0 amide bonds. The van der Waals surface area contributed by atoms with Gasteiger partial charge in [-0.15, -0.1) is 5.10 Å². The van der Waals surface area contributed by atoms with Gasteiger partial charge in [0.2, 0.25) is 5.13 Å². The first kappa shape index (κ1) is 15.6. The number of rotatable bonds is 4. The quantitative estimate of drug-likeness (QED) is 0.868. The van der Waals surface area contributed by atoms with E-state index in [-0.39, 0.29) is 0 Å². The lowest BCUT2D eigenvalue weighted by molar-refractivity contribution is 0.0212. The van der Waals surface area contributed by atoms with Gasteiger partial charge in [-0.05, 0) is 43.3 Å². The van der Waals surface area contributed by atoms with Crippen LogP contribution in [0.15, 0.2) is 18.2 Å². The van der Waals surface area contributed by atoms with Gasteiger partial charge >= 0.3 is 0 Å². The van der Waals surface area contributed by atoms with Gasteiger partial charge in [0.15, 0.2) is 3.95 Å². The Bertz CT molecular complexity index is 704. The van der Waals surface area contributed by atoms with Gasteiger partial charge < -0.3 is 10.1 Å². The largest absolute Gasteiger partial charge is 0.379 e. The Morgan fingerprint density at radius 1 is 1.32 bits per heavy atom. The van der Waals surface area contributed by atoms with Gasteiger partial charge in [-0.3, -0.25) is 4.90 Å². The van der Waals surface area contributed by atoms with Gasteiger partial charge in [0.25, 0.3) is 0 Å². The Balaban J connectivity index is 1.74. The monoisotopic (exact) mass is 336 g/mol. The zero-order valence-corrected chi connectivity index (χ0v) is 14.5. The molecule has 0 saturated carbocycles. The molecule has 0 radical (unpaired) electrons. The third-order valence-corrected chi connectivity index (χ3v) is 5.11. The first-order chi connectivity index (χ1) is 10.6. The Hall–Kier alpha value is -1.28.